The molecule has 2 atom stereocenters. The van der Waals surface area contributed by atoms with Gasteiger partial charge in [-0.05, 0) is 5.70 Å². The van der Waals surface area contributed by atoms with Crippen LogP contribution in [0.15, 0.2) is 43.4 Å². The summed E-state index contributed by atoms with van der Waals surface area (Å²) in [5.41, 5.74) is 2.05. The predicted molar refractivity (Wildman–Crippen MR) is 57.3 cm³/mol. The van der Waals surface area contributed by atoms with Crippen molar-refractivity contribution in [1.29, 1.82) is 0 Å². The van der Waals surface area contributed by atoms with Gasteiger partial charge in [-0.1, -0.05) is 6.58 Å². The molecule has 0 saturated carbocycles. The Kier molecular flexibility index (Phi) is 2.42. The minimum atomic E-state index is -1.26. The van der Waals surface area contributed by atoms with Crippen LogP contribution in [0.4, 0.5) is 0 Å². The van der Waals surface area contributed by atoms with Crippen molar-refractivity contribution >= 4 is 15.5 Å². The summed E-state index contributed by atoms with van der Waals surface area (Å²) in [6.45, 7) is 3.91. The lowest BCUT2D eigenvalue weighted by atomic mass is 10.9. The van der Waals surface area contributed by atoms with Gasteiger partial charge >= 0.3 is 15.5 Å². The van der Waals surface area contributed by atoms with Crippen LogP contribution in [0.5, 0.6) is 0 Å². The van der Waals surface area contributed by atoms with E-state index in [0.717, 1.165) is 0 Å². The highest BCUT2D eigenvalue weighted by Gasteiger charge is 2.28. The molecule has 72 valence electrons. The number of nitrogens with one attached hydrogen (secondary N) is 1. The van der Waals surface area contributed by atoms with Crippen LogP contribution >= 0.6 is 0 Å². The second kappa shape index (κ2) is 3.73. The summed E-state index contributed by atoms with van der Waals surface area (Å²) >= 11 is 0. The molecule has 1 aromatic heterocycles. The van der Waals surface area contributed by atoms with Crippen LogP contribution in [-0.2, 0) is 0 Å². The first kappa shape index (κ1) is 9.11. The Morgan fingerprint density at radius 3 is 3.00 bits per heavy atom. The second-order valence-electron chi connectivity index (χ2n) is 3.30. The van der Waals surface area contributed by atoms with Gasteiger partial charge in [0.05, 0.1) is 6.33 Å². The third kappa shape index (κ3) is 1.59. The number of quaternary nitrogens is 1. The van der Waals surface area contributed by atoms with Crippen LogP contribution in [0.25, 0.3) is 0 Å². The third-order valence-electron chi connectivity index (χ3n) is 2.27. The predicted octanol–water partition coefficient (Wildman–Crippen LogP) is -1.28. The molecule has 4 nitrogen and oxygen atoms in total. The number of rotatable bonds is 3. The van der Waals surface area contributed by atoms with E-state index in [1.54, 1.807) is 0 Å². The summed E-state index contributed by atoms with van der Waals surface area (Å²) < 4.78 is 5.60. The van der Waals surface area contributed by atoms with Gasteiger partial charge in [0, 0.05) is 12.4 Å². The largest absolute Gasteiger partial charge is 0.425 e. The molecule has 0 spiro atoms. The molecule has 1 aliphatic rings. The molecule has 0 aromatic carbocycles. The van der Waals surface area contributed by atoms with E-state index < -0.39 is 9.12 Å². The molecule has 2 rings (SSSR count). The van der Waals surface area contributed by atoms with Gasteiger partial charge in [0.1, 0.15) is 7.05 Å². The van der Waals surface area contributed by atoms with E-state index in [4.69, 9.17) is 0 Å². The molecular formula is C9H14N4Si+2. The minimum absolute atomic E-state index is 1.26. The summed E-state index contributed by atoms with van der Waals surface area (Å²) in [6.07, 6.45) is 12.1. The first-order valence-electron chi connectivity index (χ1n) is 4.53. The average molecular weight is 206 g/mol. The Morgan fingerprint density at radius 1 is 1.64 bits per heavy atom. The fourth-order valence-corrected chi connectivity index (χ4v) is 3.58. The highest BCUT2D eigenvalue weighted by Crippen LogP contribution is 1.86. The zero-order chi connectivity index (χ0) is 9.97. The summed E-state index contributed by atoms with van der Waals surface area (Å²) in [5.74, 6) is 0. The van der Waals surface area contributed by atoms with Crippen molar-refractivity contribution in [3.05, 3.63) is 43.4 Å². The van der Waals surface area contributed by atoms with E-state index in [1.807, 2.05) is 25.8 Å². The highest BCUT2D eigenvalue weighted by molar-refractivity contribution is 6.54. The normalized spacial score (nSPS) is 22.1. The summed E-state index contributed by atoms with van der Waals surface area (Å²) in [7, 11) is 0.771. The molecule has 1 aliphatic heterocycles. The Morgan fingerprint density at radius 2 is 2.50 bits per heavy atom. The van der Waals surface area contributed by atoms with Crippen molar-refractivity contribution in [2.45, 2.75) is 0 Å². The molecule has 2 unspecified atom stereocenters. The van der Waals surface area contributed by atoms with E-state index in [1.165, 1.54) is 4.57 Å². The quantitative estimate of drug-likeness (QED) is 0.483. The summed E-state index contributed by atoms with van der Waals surface area (Å²) in [4.78, 5) is 4.07. The van der Waals surface area contributed by atoms with Crippen LogP contribution in [0.2, 0.25) is 0 Å². The zero-order valence-electron chi connectivity index (χ0n) is 8.17. The fraction of sp³-hybridized carbons (Fsp3) is 0.111. The van der Waals surface area contributed by atoms with Crippen molar-refractivity contribution in [2.75, 3.05) is 7.05 Å². The van der Waals surface area contributed by atoms with Crippen molar-refractivity contribution in [3.63, 3.8) is 0 Å². The lowest BCUT2D eigenvalue weighted by Crippen LogP contribution is -3.13. The Labute approximate surface area is 84.9 Å². The van der Waals surface area contributed by atoms with Crippen LogP contribution in [0, 0.1) is 0 Å². The summed E-state index contributed by atoms with van der Waals surface area (Å²) in [6, 6.07) is 0. The molecule has 1 N–H and O–H groups in total. The molecule has 2 heterocycles. The molecule has 0 fully saturated rings. The molecule has 0 saturated heterocycles. The molecule has 0 radical (unpaired) electrons. The van der Waals surface area contributed by atoms with Crippen LogP contribution < -0.4 is 4.57 Å². The van der Waals surface area contributed by atoms with Gasteiger partial charge in [0.2, 0.25) is 6.20 Å². The number of imidazole rings is 1. The van der Waals surface area contributed by atoms with Gasteiger partial charge in [-0.25, -0.2) is 4.98 Å². The van der Waals surface area contributed by atoms with Gasteiger partial charge < -0.3 is 4.23 Å². The van der Waals surface area contributed by atoms with Crippen LogP contribution in [0.3, 0.4) is 0 Å². The second-order valence-corrected chi connectivity index (χ2v) is 5.92. The first-order chi connectivity index (χ1) is 6.81. The van der Waals surface area contributed by atoms with E-state index in [2.05, 4.69) is 44.8 Å². The SMILES string of the molecule is C=C[SiH](n1ccnc1)[NH+]1C=C[N+](C)=C1. The van der Waals surface area contributed by atoms with Crippen LogP contribution in [0.1, 0.15) is 0 Å². The summed E-state index contributed by atoms with van der Waals surface area (Å²) in [5, 5.41) is 0. The van der Waals surface area contributed by atoms with E-state index in [-0.39, 0.29) is 0 Å². The maximum absolute atomic E-state index is 4.07. The Balaban J connectivity index is 2.24. The van der Waals surface area contributed by atoms with Crippen molar-refractivity contribution in [1.82, 2.24) is 9.22 Å². The van der Waals surface area contributed by atoms with Crippen molar-refractivity contribution in [3.8, 4) is 0 Å². The Hall–Kier alpha value is -1.46. The number of nitrogens with zero attached hydrogens (tertiary/aromatic N) is 3. The standard InChI is InChI=1S/C9H13N4Si/c1-3-14(12-5-4-10-8-12)13-7-6-11(2)9-13/h3-9,14H,1H2,2H3/q+1/p+1. The average Bonchev–Trinajstić information content (AvgIpc) is 2.79. The smallest absolute Gasteiger partial charge is 0.314 e. The van der Waals surface area contributed by atoms with E-state index >= 15 is 0 Å². The molecule has 0 aliphatic carbocycles. The molecule has 14 heavy (non-hydrogen) atoms. The highest BCUT2D eigenvalue weighted by atomic mass is 28.3. The van der Waals surface area contributed by atoms with Gasteiger partial charge in [-0.2, -0.15) is 4.58 Å². The molecule has 0 bridgehead atoms. The molecular weight excluding hydrogens is 192 g/mol. The van der Waals surface area contributed by atoms with E-state index in [9.17, 15) is 0 Å². The number of hydrogen-bond acceptors (Lipinski definition) is 1. The van der Waals surface area contributed by atoms with Gasteiger partial charge in [-0.3, -0.25) is 4.57 Å². The van der Waals surface area contributed by atoms with Crippen molar-refractivity contribution < 1.29 is 9.14 Å². The van der Waals surface area contributed by atoms with Gasteiger partial charge in [-0.15, -0.1) is 0 Å². The van der Waals surface area contributed by atoms with Crippen LogP contribution in [-0.4, -0.2) is 36.3 Å². The van der Waals surface area contributed by atoms with Gasteiger partial charge in [0.25, 0.3) is 0 Å². The number of aromatic nitrogens is 2. The minimum Gasteiger partial charge on any atom is -0.314 e. The Bertz CT molecular complexity index is 380. The van der Waals surface area contributed by atoms with Crippen molar-refractivity contribution in [2.24, 2.45) is 0 Å². The zero-order valence-corrected chi connectivity index (χ0v) is 9.32. The monoisotopic (exact) mass is 206 g/mol. The maximum atomic E-state index is 4.07. The fourth-order valence-electron chi connectivity index (χ4n) is 1.56. The molecule has 0 amide bonds. The molecule has 5 heteroatoms. The number of hydrogen-bond donors (Lipinski definition) is 1. The third-order valence-corrected chi connectivity index (χ3v) is 4.68. The lowest BCUT2D eigenvalue weighted by Gasteiger charge is -2.11. The first-order valence-corrected chi connectivity index (χ1v) is 6.29. The molecule has 1 aromatic rings. The maximum Gasteiger partial charge on any atom is 0.425 e. The topological polar surface area (TPSA) is 25.3 Å². The van der Waals surface area contributed by atoms with E-state index in [0.29, 0.717) is 0 Å². The lowest BCUT2D eigenvalue weighted by molar-refractivity contribution is -0.627. The van der Waals surface area contributed by atoms with Gasteiger partial charge in [0.15, 0.2) is 6.20 Å².